The fourth-order valence-corrected chi connectivity index (χ4v) is 3.42. The number of fused-ring (bicyclic) bond motifs is 2. The van der Waals surface area contributed by atoms with Gasteiger partial charge in [0.1, 0.15) is 0 Å². The zero-order valence-corrected chi connectivity index (χ0v) is 15.2. The molecule has 0 aliphatic heterocycles. The first-order valence-corrected chi connectivity index (χ1v) is 8.96. The molecule has 2 N–H and O–H groups in total. The maximum atomic E-state index is 12.7. The topological polar surface area (TPSA) is 75.6 Å². The van der Waals surface area contributed by atoms with Crippen LogP contribution in [0.1, 0.15) is 10.4 Å². The highest BCUT2D eigenvalue weighted by atomic mass is 16.1. The van der Waals surface area contributed by atoms with Crippen molar-refractivity contribution in [3.63, 3.8) is 0 Å². The van der Waals surface area contributed by atoms with Gasteiger partial charge in [-0.1, -0.05) is 30.3 Å². The molecule has 0 fully saturated rings. The van der Waals surface area contributed by atoms with Crippen molar-refractivity contribution < 1.29 is 4.79 Å². The zero-order valence-electron chi connectivity index (χ0n) is 15.2. The Bertz CT molecular complexity index is 1320. The summed E-state index contributed by atoms with van der Waals surface area (Å²) >= 11 is 0. The summed E-state index contributed by atoms with van der Waals surface area (Å²) in [6.45, 7) is 0. The standard InChI is InChI=1S/C22H17N5O/c1-27-20-10-7-15(11-16(20)13-23-27)22(28)24-17-8-9-19-18(12-17)21(26-25-19)14-5-3-2-4-6-14/h2-13H,1H3,(H,24,28)(H,25,26). The molecule has 5 rings (SSSR count). The number of hydrogen-bond donors (Lipinski definition) is 2. The fraction of sp³-hybridized carbons (Fsp3) is 0.0455. The van der Waals surface area contributed by atoms with Crippen LogP contribution in [0.4, 0.5) is 5.69 Å². The van der Waals surface area contributed by atoms with Crippen LogP contribution in [0.3, 0.4) is 0 Å². The van der Waals surface area contributed by atoms with Crippen LogP contribution in [-0.2, 0) is 7.05 Å². The number of carbonyl (C=O) groups is 1. The van der Waals surface area contributed by atoms with E-state index in [4.69, 9.17) is 0 Å². The minimum Gasteiger partial charge on any atom is -0.322 e. The first kappa shape index (κ1) is 16.3. The number of aryl methyl sites for hydroxylation is 1. The number of aromatic nitrogens is 4. The number of nitrogens with zero attached hydrogens (tertiary/aromatic N) is 3. The molecule has 0 saturated heterocycles. The third-order valence-corrected chi connectivity index (χ3v) is 4.88. The molecule has 136 valence electrons. The minimum absolute atomic E-state index is 0.158. The van der Waals surface area contributed by atoms with Crippen molar-refractivity contribution >= 4 is 33.4 Å². The van der Waals surface area contributed by atoms with Gasteiger partial charge in [-0.15, -0.1) is 0 Å². The lowest BCUT2D eigenvalue weighted by Gasteiger charge is -2.06. The van der Waals surface area contributed by atoms with E-state index in [1.165, 1.54) is 0 Å². The van der Waals surface area contributed by atoms with Crippen molar-refractivity contribution in [2.24, 2.45) is 7.05 Å². The molecule has 0 saturated carbocycles. The van der Waals surface area contributed by atoms with Crippen molar-refractivity contribution in [1.29, 1.82) is 0 Å². The molecule has 2 aromatic heterocycles. The molecule has 28 heavy (non-hydrogen) atoms. The Morgan fingerprint density at radius 3 is 2.75 bits per heavy atom. The summed E-state index contributed by atoms with van der Waals surface area (Å²) in [7, 11) is 1.88. The van der Waals surface area contributed by atoms with Crippen LogP contribution >= 0.6 is 0 Å². The van der Waals surface area contributed by atoms with Gasteiger partial charge in [0.05, 0.1) is 22.9 Å². The molecule has 6 heteroatoms. The summed E-state index contributed by atoms with van der Waals surface area (Å²) in [5.41, 5.74) is 5.12. The maximum absolute atomic E-state index is 12.7. The van der Waals surface area contributed by atoms with Crippen molar-refractivity contribution in [3.8, 4) is 11.3 Å². The van der Waals surface area contributed by atoms with Crippen LogP contribution in [0.5, 0.6) is 0 Å². The molecular weight excluding hydrogens is 350 g/mol. The van der Waals surface area contributed by atoms with E-state index in [0.717, 1.165) is 38.8 Å². The van der Waals surface area contributed by atoms with E-state index in [0.29, 0.717) is 5.56 Å². The van der Waals surface area contributed by atoms with Gasteiger partial charge in [-0.05, 0) is 36.4 Å². The predicted octanol–water partition coefficient (Wildman–Crippen LogP) is 4.37. The second kappa shape index (κ2) is 6.35. The Morgan fingerprint density at radius 2 is 1.89 bits per heavy atom. The molecule has 0 bridgehead atoms. The smallest absolute Gasteiger partial charge is 0.255 e. The third kappa shape index (κ3) is 2.72. The number of carbonyl (C=O) groups excluding carboxylic acids is 1. The van der Waals surface area contributed by atoms with Gasteiger partial charge in [0.15, 0.2) is 0 Å². The highest BCUT2D eigenvalue weighted by Crippen LogP contribution is 2.28. The Hall–Kier alpha value is -3.93. The number of aromatic amines is 1. The summed E-state index contributed by atoms with van der Waals surface area (Å²) in [6, 6.07) is 21.3. The second-order valence-electron chi connectivity index (χ2n) is 6.69. The quantitative estimate of drug-likeness (QED) is 0.497. The summed E-state index contributed by atoms with van der Waals surface area (Å²) in [6.07, 6.45) is 1.76. The molecule has 0 radical (unpaired) electrons. The highest BCUT2D eigenvalue weighted by molar-refractivity contribution is 6.07. The first-order valence-electron chi connectivity index (χ1n) is 8.96. The van der Waals surface area contributed by atoms with Crippen molar-refractivity contribution in [3.05, 3.63) is 78.5 Å². The molecule has 0 spiro atoms. The summed E-state index contributed by atoms with van der Waals surface area (Å²) in [4.78, 5) is 12.7. The lowest BCUT2D eigenvalue weighted by Crippen LogP contribution is -2.11. The zero-order chi connectivity index (χ0) is 19.1. The van der Waals surface area contributed by atoms with Crippen molar-refractivity contribution in [2.75, 3.05) is 5.32 Å². The van der Waals surface area contributed by atoms with E-state index in [-0.39, 0.29) is 5.91 Å². The normalized spacial score (nSPS) is 11.2. The largest absolute Gasteiger partial charge is 0.322 e. The van der Waals surface area contributed by atoms with Crippen LogP contribution < -0.4 is 5.32 Å². The van der Waals surface area contributed by atoms with Crippen molar-refractivity contribution in [1.82, 2.24) is 20.0 Å². The molecule has 3 aromatic carbocycles. The van der Waals surface area contributed by atoms with E-state index >= 15 is 0 Å². The van der Waals surface area contributed by atoms with Crippen LogP contribution in [0, 0.1) is 0 Å². The number of anilines is 1. The monoisotopic (exact) mass is 367 g/mol. The summed E-state index contributed by atoms with van der Waals surface area (Å²) in [5, 5.41) is 16.6. The first-order chi connectivity index (χ1) is 13.7. The summed E-state index contributed by atoms with van der Waals surface area (Å²) in [5.74, 6) is -0.158. The van der Waals surface area contributed by atoms with Gasteiger partial charge in [-0.2, -0.15) is 10.2 Å². The van der Waals surface area contributed by atoms with Gasteiger partial charge in [-0.3, -0.25) is 14.6 Å². The van der Waals surface area contributed by atoms with E-state index in [1.54, 1.807) is 10.9 Å². The molecule has 0 atom stereocenters. The van der Waals surface area contributed by atoms with Gasteiger partial charge in [0, 0.05) is 34.6 Å². The molecule has 0 unspecified atom stereocenters. The Balaban J connectivity index is 1.48. The number of rotatable bonds is 3. The lowest BCUT2D eigenvalue weighted by atomic mass is 10.1. The average molecular weight is 367 g/mol. The van der Waals surface area contributed by atoms with E-state index in [1.807, 2.05) is 73.8 Å². The number of nitrogens with one attached hydrogen (secondary N) is 2. The average Bonchev–Trinajstić information content (AvgIpc) is 3.32. The minimum atomic E-state index is -0.158. The maximum Gasteiger partial charge on any atom is 0.255 e. The second-order valence-corrected chi connectivity index (χ2v) is 6.69. The Morgan fingerprint density at radius 1 is 1.04 bits per heavy atom. The SMILES string of the molecule is Cn1ncc2cc(C(=O)Nc3ccc4[nH]nc(-c5ccccc5)c4c3)ccc21. The van der Waals surface area contributed by atoms with E-state index < -0.39 is 0 Å². The number of benzene rings is 3. The molecule has 0 aliphatic carbocycles. The number of amides is 1. The third-order valence-electron chi connectivity index (χ3n) is 4.88. The van der Waals surface area contributed by atoms with Gasteiger partial charge in [0.2, 0.25) is 0 Å². The highest BCUT2D eigenvalue weighted by Gasteiger charge is 2.12. The number of H-pyrrole nitrogens is 1. The molecule has 6 nitrogen and oxygen atoms in total. The molecule has 0 aliphatic rings. The van der Waals surface area contributed by atoms with Crippen LogP contribution in [-0.4, -0.2) is 25.9 Å². The Labute approximate surface area is 160 Å². The number of hydrogen-bond acceptors (Lipinski definition) is 3. The van der Waals surface area contributed by atoms with Gasteiger partial charge in [0.25, 0.3) is 5.91 Å². The van der Waals surface area contributed by atoms with Gasteiger partial charge < -0.3 is 5.32 Å². The van der Waals surface area contributed by atoms with Crippen LogP contribution in [0.15, 0.2) is 72.9 Å². The van der Waals surface area contributed by atoms with Crippen molar-refractivity contribution in [2.45, 2.75) is 0 Å². The molecule has 2 heterocycles. The summed E-state index contributed by atoms with van der Waals surface area (Å²) < 4.78 is 1.79. The van der Waals surface area contributed by atoms with E-state index in [9.17, 15) is 4.79 Å². The van der Waals surface area contributed by atoms with Crippen LogP contribution in [0.25, 0.3) is 33.1 Å². The Kier molecular flexibility index (Phi) is 3.69. The van der Waals surface area contributed by atoms with Gasteiger partial charge >= 0.3 is 0 Å². The van der Waals surface area contributed by atoms with Gasteiger partial charge in [-0.25, -0.2) is 0 Å². The fourth-order valence-electron chi connectivity index (χ4n) is 3.42. The molecular formula is C22H17N5O. The lowest BCUT2D eigenvalue weighted by molar-refractivity contribution is 0.102. The predicted molar refractivity (Wildman–Crippen MR) is 110 cm³/mol. The van der Waals surface area contributed by atoms with E-state index in [2.05, 4.69) is 20.6 Å². The molecule has 5 aromatic rings. The van der Waals surface area contributed by atoms with Crippen LogP contribution in [0.2, 0.25) is 0 Å². The molecule has 1 amide bonds.